The third-order valence-corrected chi connectivity index (χ3v) is 2.63. The van der Waals surface area contributed by atoms with Gasteiger partial charge in [-0.25, -0.2) is 4.79 Å². The zero-order chi connectivity index (χ0) is 10.7. The maximum Gasteiger partial charge on any atom is 0.336 e. The fourth-order valence-electron chi connectivity index (χ4n) is 0.993. The summed E-state index contributed by atoms with van der Waals surface area (Å²) in [5.74, 6) is -0.893. The lowest BCUT2D eigenvalue weighted by molar-refractivity contribution is 0.0696. The molecule has 0 heterocycles. The molecule has 1 aromatic rings. The van der Waals surface area contributed by atoms with E-state index in [9.17, 15) is 4.79 Å². The van der Waals surface area contributed by atoms with Gasteiger partial charge in [-0.2, -0.15) is 5.26 Å². The van der Waals surface area contributed by atoms with Gasteiger partial charge in [-0.05, 0) is 33.6 Å². The molecule has 1 rings (SSSR count). The van der Waals surface area contributed by atoms with Crippen molar-refractivity contribution in [3.05, 3.63) is 33.3 Å². The number of hydrogen-bond donors (Lipinski definition) is 1. The quantitative estimate of drug-likeness (QED) is 0.844. The van der Waals surface area contributed by atoms with E-state index in [-0.39, 0.29) is 11.4 Å². The van der Waals surface area contributed by atoms with Crippen LogP contribution in [0.15, 0.2) is 16.6 Å². The molecule has 0 spiro atoms. The largest absolute Gasteiger partial charge is 0.478 e. The summed E-state index contributed by atoms with van der Waals surface area (Å²) >= 11 is 8.70. The van der Waals surface area contributed by atoms with Crippen molar-refractivity contribution in [3.8, 4) is 6.07 Å². The Morgan fingerprint density at radius 3 is 2.71 bits per heavy atom. The minimum Gasteiger partial charge on any atom is -0.478 e. The lowest BCUT2D eigenvalue weighted by Crippen LogP contribution is -2.00. The van der Waals surface area contributed by atoms with E-state index in [0.29, 0.717) is 15.6 Å². The minimum atomic E-state index is -1.07. The van der Waals surface area contributed by atoms with Crippen LogP contribution in [0.2, 0.25) is 0 Å². The van der Waals surface area contributed by atoms with Crippen LogP contribution in [0, 0.1) is 11.3 Å². The molecular weight excluding hydrogens is 269 g/mol. The van der Waals surface area contributed by atoms with Crippen LogP contribution >= 0.6 is 27.5 Å². The molecule has 0 fully saturated rings. The Kier molecular flexibility index (Phi) is 3.50. The first-order valence-electron chi connectivity index (χ1n) is 3.62. The average Bonchev–Trinajstić information content (AvgIpc) is 2.16. The molecule has 5 heteroatoms. The second-order valence-electron chi connectivity index (χ2n) is 2.54. The number of benzene rings is 1. The fourth-order valence-corrected chi connectivity index (χ4v) is 1.77. The van der Waals surface area contributed by atoms with E-state index in [4.69, 9.17) is 22.0 Å². The standard InChI is InChI=1S/C9H5BrClNO2/c10-8-2-5(3-11)6(4-12)1-7(8)9(13)14/h1-2H,3H2,(H,13,14). The summed E-state index contributed by atoms with van der Waals surface area (Å²) in [7, 11) is 0. The molecule has 14 heavy (non-hydrogen) atoms. The van der Waals surface area contributed by atoms with E-state index in [2.05, 4.69) is 15.9 Å². The average molecular weight is 275 g/mol. The van der Waals surface area contributed by atoms with Crippen LogP contribution in [0.5, 0.6) is 0 Å². The maximum absolute atomic E-state index is 10.7. The van der Waals surface area contributed by atoms with Crippen LogP contribution in [0.4, 0.5) is 0 Å². The predicted octanol–water partition coefficient (Wildman–Crippen LogP) is 2.76. The molecule has 0 saturated heterocycles. The third kappa shape index (κ3) is 2.06. The lowest BCUT2D eigenvalue weighted by Gasteiger charge is -2.03. The minimum absolute atomic E-state index is 0.0652. The number of nitriles is 1. The van der Waals surface area contributed by atoms with Gasteiger partial charge < -0.3 is 5.11 Å². The third-order valence-electron chi connectivity index (χ3n) is 1.69. The maximum atomic E-state index is 10.7. The van der Waals surface area contributed by atoms with Crippen LogP contribution in [0.3, 0.4) is 0 Å². The van der Waals surface area contributed by atoms with Gasteiger partial charge in [-0.3, -0.25) is 0 Å². The van der Waals surface area contributed by atoms with E-state index >= 15 is 0 Å². The van der Waals surface area contributed by atoms with Gasteiger partial charge in [0.25, 0.3) is 0 Å². The molecule has 0 aromatic heterocycles. The van der Waals surface area contributed by atoms with Crippen molar-refractivity contribution < 1.29 is 9.90 Å². The molecule has 3 nitrogen and oxygen atoms in total. The summed E-state index contributed by atoms with van der Waals surface area (Å²) in [5.41, 5.74) is 0.974. The molecule has 0 radical (unpaired) electrons. The number of rotatable bonds is 2. The predicted molar refractivity (Wildman–Crippen MR) is 55.4 cm³/mol. The summed E-state index contributed by atoms with van der Waals surface area (Å²) in [5, 5.41) is 17.5. The van der Waals surface area contributed by atoms with Crippen LogP contribution in [-0.2, 0) is 5.88 Å². The van der Waals surface area contributed by atoms with Crippen molar-refractivity contribution in [1.82, 2.24) is 0 Å². The molecule has 0 bridgehead atoms. The monoisotopic (exact) mass is 273 g/mol. The Labute approximate surface area is 94.0 Å². The molecule has 1 aromatic carbocycles. The van der Waals surface area contributed by atoms with Gasteiger partial charge in [0.05, 0.1) is 17.2 Å². The molecule has 0 aliphatic carbocycles. The summed E-state index contributed by atoms with van der Waals surface area (Å²) in [6, 6.07) is 4.76. The highest BCUT2D eigenvalue weighted by molar-refractivity contribution is 9.10. The molecule has 0 amide bonds. The Morgan fingerprint density at radius 2 is 2.29 bits per heavy atom. The number of alkyl halides is 1. The van der Waals surface area contributed by atoms with E-state index in [1.54, 1.807) is 6.07 Å². The Balaban J connectivity index is 3.40. The molecular formula is C9H5BrClNO2. The zero-order valence-corrected chi connectivity index (χ0v) is 9.26. The van der Waals surface area contributed by atoms with E-state index in [0.717, 1.165) is 0 Å². The zero-order valence-electron chi connectivity index (χ0n) is 6.92. The summed E-state index contributed by atoms with van der Waals surface area (Å²) in [4.78, 5) is 10.7. The highest BCUT2D eigenvalue weighted by Gasteiger charge is 2.12. The summed E-state index contributed by atoms with van der Waals surface area (Å²) < 4.78 is 0.430. The second kappa shape index (κ2) is 4.45. The van der Waals surface area contributed by atoms with Crippen molar-refractivity contribution >= 4 is 33.5 Å². The molecule has 0 aliphatic heterocycles. The van der Waals surface area contributed by atoms with Gasteiger partial charge in [-0.15, -0.1) is 11.6 Å². The van der Waals surface area contributed by atoms with E-state index in [1.165, 1.54) is 6.07 Å². The van der Waals surface area contributed by atoms with Gasteiger partial charge in [-0.1, -0.05) is 0 Å². The number of halogens is 2. The number of carbonyl (C=O) groups is 1. The highest BCUT2D eigenvalue weighted by atomic mass is 79.9. The number of nitrogens with zero attached hydrogens (tertiary/aromatic N) is 1. The lowest BCUT2D eigenvalue weighted by atomic mass is 10.1. The van der Waals surface area contributed by atoms with Crippen LogP contribution < -0.4 is 0 Å². The highest BCUT2D eigenvalue weighted by Crippen LogP contribution is 2.23. The van der Waals surface area contributed by atoms with E-state index < -0.39 is 5.97 Å². The first-order chi connectivity index (χ1) is 6.60. The molecule has 1 N–H and O–H groups in total. The first kappa shape index (κ1) is 11.0. The van der Waals surface area contributed by atoms with Crippen molar-refractivity contribution in [2.75, 3.05) is 0 Å². The molecule has 0 saturated carbocycles. The second-order valence-corrected chi connectivity index (χ2v) is 3.66. The normalized spacial score (nSPS) is 9.50. The number of hydrogen-bond acceptors (Lipinski definition) is 2. The molecule has 0 atom stereocenters. The summed E-state index contributed by atoms with van der Waals surface area (Å²) in [6.45, 7) is 0. The van der Waals surface area contributed by atoms with Crippen molar-refractivity contribution in [3.63, 3.8) is 0 Å². The molecule has 0 aliphatic rings. The van der Waals surface area contributed by atoms with Gasteiger partial charge in [0.2, 0.25) is 0 Å². The first-order valence-corrected chi connectivity index (χ1v) is 4.94. The Hall–Kier alpha value is -1.05. The van der Waals surface area contributed by atoms with Crippen molar-refractivity contribution in [2.45, 2.75) is 5.88 Å². The van der Waals surface area contributed by atoms with Gasteiger partial charge in [0.15, 0.2) is 0 Å². The number of carboxylic acid groups (broad SMARTS) is 1. The molecule has 72 valence electrons. The Bertz CT molecular complexity index is 426. The Morgan fingerprint density at radius 1 is 1.64 bits per heavy atom. The van der Waals surface area contributed by atoms with Crippen molar-refractivity contribution in [2.24, 2.45) is 0 Å². The fraction of sp³-hybridized carbons (Fsp3) is 0.111. The van der Waals surface area contributed by atoms with Gasteiger partial charge in [0, 0.05) is 10.4 Å². The topological polar surface area (TPSA) is 61.1 Å². The van der Waals surface area contributed by atoms with Crippen LogP contribution in [0.25, 0.3) is 0 Å². The summed E-state index contributed by atoms with van der Waals surface area (Å²) in [6.07, 6.45) is 0. The number of aromatic carboxylic acids is 1. The molecule has 0 unspecified atom stereocenters. The van der Waals surface area contributed by atoms with Gasteiger partial charge >= 0.3 is 5.97 Å². The van der Waals surface area contributed by atoms with Crippen LogP contribution in [0.1, 0.15) is 21.5 Å². The van der Waals surface area contributed by atoms with Crippen molar-refractivity contribution in [1.29, 1.82) is 5.26 Å². The van der Waals surface area contributed by atoms with Gasteiger partial charge in [0.1, 0.15) is 0 Å². The number of carboxylic acids is 1. The SMILES string of the molecule is N#Cc1cc(C(=O)O)c(Br)cc1CCl. The van der Waals surface area contributed by atoms with E-state index in [1.807, 2.05) is 6.07 Å². The van der Waals surface area contributed by atoms with Crippen LogP contribution in [-0.4, -0.2) is 11.1 Å². The smallest absolute Gasteiger partial charge is 0.336 e.